The highest BCUT2D eigenvalue weighted by Gasteiger charge is 2.17. The predicted molar refractivity (Wildman–Crippen MR) is 117 cm³/mol. The Morgan fingerprint density at radius 1 is 1.14 bits per heavy atom. The number of benzene rings is 1. The maximum absolute atomic E-state index is 12.4. The number of pyridine rings is 1. The second-order valence-electron chi connectivity index (χ2n) is 6.70. The van der Waals surface area contributed by atoms with E-state index in [9.17, 15) is 4.79 Å². The highest BCUT2D eigenvalue weighted by Crippen LogP contribution is 2.28. The Bertz CT molecular complexity index is 896. The number of carbonyl (C=O) groups excluding carboxylic acids is 1. The van der Waals surface area contributed by atoms with E-state index in [0.29, 0.717) is 11.6 Å². The van der Waals surface area contributed by atoms with Crippen LogP contribution in [0.25, 0.3) is 0 Å². The molecular formula is C22H24ClN3OS. The minimum absolute atomic E-state index is 0.0406. The smallest absolute Gasteiger partial charge is 0.238 e. The van der Waals surface area contributed by atoms with E-state index in [2.05, 4.69) is 59.8 Å². The van der Waals surface area contributed by atoms with Gasteiger partial charge in [-0.3, -0.25) is 10.1 Å². The van der Waals surface area contributed by atoms with E-state index in [0.717, 1.165) is 12.0 Å². The third-order valence-corrected chi connectivity index (χ3v) is 6.02. The summed E-state index contributed by atoms with van der Waals surface area (Å²) in [7, 11) is 0. The Hall–Kier alpha value is -2.21. The quantitative estimate of drug-likeness (QED) is 0.470. The third kappa shape index (κ3) is 5.19. The summed E-state index contributed by atoms with van der Waals surface area (Å²) in [6, 6.07) is 16.2. The summed E-state index contributed by atoms with van der Waals surface area (Å²) < 4.78 is 0. The van der Waals surface area contributed by atoms with Crippen LogP contribution >= 0.6 is 22.9 Å². The van der Waals surface area contributed by atoms with Crippen molar-refractivity contribution in [3.05, 3.63) is 81.3 Å². The molecule has 3 rings (SSSR count). The minimum Gasteiger partial charge on any atom is -0.322 e. The van der Waals surface area contributed by atoms with Gasteiger partial charge in [0.1, 0.15) is 0 Å². The fourth-order valence-corrected chi connectivity index (χ4v) is 3.95. The van der Waals surface area contributed by atoms with Crippen molar-refractivity contribution >= 4 is 34.5 Å². The van der Waals surface area contributed by atoms with Crippen molar-refractivity contribution in [1.82, 2.24) is 10.3 Å². The number of thiophene rings is 1. The lowest BCUT2D eigenvalue weighted by Gasteiger charge is -2.19. The summed E-state index contributed by atoms with van der Waals surface area (Å²) in [6.07, 6.45) is 2.70. The summed E-state index contributed by atoms with van der Waals surface area (Å²) in [4.78, 5) is 17.5. The Kier molecular flexibility index (Phi) is 7.20. The van der Waals surface area contributed by atoms with Crippen molar-refractivity contribution < 1.29 is 4.79 Å². The standard InChI is InChI=1S/C22H24ClN3OS/c1-3-15(2)16-8-10-17(11-9-16)21(19-7-5-13-28-19)25-14-20(27)26-18-6-4-12-24-22(18)23/h4-13,15,21,25H,3,14H2,1-2H3,(H,26,27)/t15-,21+/m1/s1. The molecule has 0 unspecified atom stereocenters. The van der Waals surface area contributed by atoms with Gasteiger partial charge in [-0.25, -0.2) is 4.98 Å². The van der Waals surface area contributed by atoms with Crippen LogP contribution in [0.15, 0.2) is 60.1 Å². The van der Waals surface area contributed by atoms with Gasteiger partial charge in [0.25, 0.3) is 0 Å². The summed E-state index contributed by atoms with van der Waals surface area (Å²) >= 11 is 7.69. The molecule has 0 bridgehead atoms. The van der Waals surface area contributed by atoms with Crippen LogP contribution in [0.3, 0.4) is 0 Å². The topological polar surface area (TPSA) is 54.0 Å². The molecule has 0 radical (unpaired) electrons. The van der Waals surface area contributed by atoms with Crippen molar-refractivity contribution in [2.24, 2.45) is 0 Å². The van der Waals surface area contributed by atoms with Crippen LogP contribution < -0.4 is 10.6 Å². The average Bonchev–Trinajstić information content (AvgIpc) is 3.24. The molecule has 2 N–H and O–H groups in total. The Morgan fingerprint density at radius 3 is 2.54 bits per heavy atom. The van der Waals surface area contributed by atoms with Crippen LogP contribution in [-0.4, -0.2) is 17.4 Å². The lowest BCUT2D eigenvalue weighted by atomic mass is 9.95. The van der Waals surface area contributed by atoms with Crippen molar-refractivity contribution in [3.8, 4) is 0 Å². The van der Waals surface area contributed by atoms with E-state index in [1.807, 2.05) is 11.4 Å². The van der Waals surface area contributed by atoms with E-state index in [-0.39, 0.29) is 23.6 Å². The minimum atomic E-state index is -0.160. The first-order chi connectivity index (χ1) is 13.6. The number of amides is 1. The van der Waals surface area contributed by atoms with Gasteiger partial charge in [0.15, 0.2) is 5.15 Å². The summed E-state index contributed by atoms with van der Waals surface area (Å²) in [5.41, 5.74) is 2.99. The molecule has 0 spiro atoms. The highest BCUT2D eigenvalue weighted by molar-refractivity contribution is 7.10. The molecule has 146 valence electrons. The molecule has 2 heterocycles. The zero-order valence-corrected chi connectivity index (χ0v) is 17.6. The van der Waals surface area contributed by atoms with Gasteiger partial charge in [0.2, 0.25) is 5.91 Å². The van der Waals surface area contributed by atoms with Crippen molar-refractivity contribution in [2.45, 2.75) is 32.2 Å². The second-order valence-corrected chi connectivity index (χ2v) is 8.03. The maximum atomic E-state index is 12.4. The number of hydrogen-bond donors (Lipinski definition) is 2. The van der Waals surface area contributed by atoms with Gasteiger partial charge in [-0.15, -0.1) is 11.3 Å². The zero-order valence-electron chi connectivity index (χ0n) is 16.0. The summed E-state index contributed by atoms with van der Waals surface area (Å²) in [5, 5.41) is 8.51. The van der Waals surface area contributed by atoms with Crippen LogP contribution in [0.4, 0.5) is 5.69 Å². The first kappa shape index (κ1) is 20.5. The van der Waals surface area contributed by atoms with Gasteiger partial charge in [0.05, 0.1) is 18.3 Å². The van der Waals surface area contributed by atoms with Crippen LogP contribution in [0, 0.1) is 0 Å². The van der Waals surface area contributed by atoms with Crippen molar-refractivity contribution in [3.63, 3.8) is 0 Å². The lowest BCUT2D eigenvalue weighted by Crippen LogP contribution is -2.31. The first-order valence-electron chi connectivity index (χ1n) is 9.35. The van der Waals surface area contributed by atoms with Gasteiger partial charge in [-0.05, 0) is 47.0 Å². The molecule has 0 aliphatic carbocycles. The van der Waals surface area contributed by atoms with E-state index >= 15 is 0 Å². The molecule has 0 saturated heterocycles. The number of carbonyl (C=O) groups is 1. The second kappa shape index (κ2) is 9.82. The molecule has 2 aromatic heterocycles. The molecule has 0 fully saturated rings. The molecule has 0 saturated carbocycles. The molecular weight excluding hydrogens is 390 g/mol. The number of aromatic nitrogens is 1. The first-order valence-corrected chi connectivity index (χ1v) is 10.6. The van der Waals surface area contributed by atoms with E-state index in [1.165, 1.54) is 10.4 Å². The zero-order chi connectivity index (χ0) is 19.9. The molecule has 4 nitrogen and oxygen atoms in total. The largest absolute Gasteiger partial charge is 0.322 e. The Morgan fingerprint density at radius 2 is 1.89 bits per heavy atom. The SMILES string of the molecule is CC[C@@H](C)c1ccc([C@H](NCC(=O)Nc2cccnc2Cl)c2cccs2)cc1. The summed E-state index contributed by atoms with van der Waals surface area (Å²) in [5.74, 6) is 0.380. The Balaban J connectivity index is 1.71. The molecule has 2 atom stereocenters. The molecule has 3 aromatic rings. The number of nitrogens with zero attached hydrogens (tertiary/aromatic N) is 1. The van der Waals surface area contributed by atoms with Gasteiger partial charge in [0, 0.05) is 11.1 Å². The molecule has 1 aromatic carbocycles. The van der Waals surface area contributed by atoms with Crippen molar-refractivity contribution in [2.75, 3.05) is 11.9 Å². The number of halogens is 1. The Labute approximate surface area is 175 Å². The number of rotatable bonds is 8. The number of anilines is 1. The molecule has 0 aliphatic heterocycles. The summed E-state index contributed by atoms with van der Waals surface area (Å²) in [6.45, 7) is 4.60. The molecule has 1 amide bonds. The predicted octanol–water partition coefficient (Wildman–Crippen LogP) is 5.63. The fraction of sp³-hybridized carbons (Fsp3) is 0.273. The highest BCUT2D eigenvalue weighted by atomic mass is 35.5. The number of nitrogens with one attached hydrogen (secondary N) is 2. The van der Waals surface area contributed by atoms with Crippen LogP contribution in [0.5, 0.6) is 0 Å². The van der Waals surface area contributed by atoms with Gasteiger partial charge in [-0.1, -0.05) is 55.8 Å². The van der Waals surface area contributed by atoms with Gasteiger partial charge in [-0.2, -0.15) is 0 Å². The molecule has 28 heavy (non-hydrogen) atoms. The fourth-order valence-electron chi connectivity index (χ4n) is 2.96. The van der Waals surface area contributed by atoms with Crippen LogP contribution in [-0.2, 0) is 4.79 Å². The van der Waals surface area contributed by atoms with Gasteiger partial charge >= 0.3 is 0 Å². The lowest BCUT2D eigenvalue weighted by molar-refractivity contribution is -0.115. The van der Waals surface area contributed by atoms with E-state index in [1.54, 1.807) is 29.7 Å². The monoisotopic (exact) mass is 413 g/mol. The van der Waals surface area contributed by atoms with Crippen LogP contribution in [0.1, 0.15) is 48.2 Å². The molecule has 0 aliphatic rings. The van der Waals surface area contributed by atoms with Crippen LogP contribution in [0.2, 0.25) is 5.15 Å². The average molecular weight is 414 g/mol. The maximum Gasteiger partial charge on any atom is 0.238 e. The third-order valence-electron chi connectivity index (χ3n) is 4.78. The molecule has 6 heteroatoms. The van der Waals surface area contributed by atoms with Gasteiger partial charge < -0.3 is 5.32 Å². The van der Waals surface area contributed by atoms with Crippen molar-refractivity contribution in [1.29, 1.82) is 0 Å². The number of hydrogen-bond acceptors (Lipinski definition) is 4. The normalized spacial score (nSPS) is 13.1. The van der Waals surface area contributed by atoms with E-state index < -0.39 is 0 Å². The van der Waals surface area contributed by atoms with E-state index in [4.69, 9.17) is 11.6 Å².